The first-order valence-electron chi connectivity index (χ1n) is 9.59. The van der Waals surface area contributed by atoms with Crippen molar-refractivity contribution >= 4 is 15.7 Å². The molecule has 1 N–H and O–H groups in total. The Balaban J connectivity index is 1.72. The lowest BCUT2D eigenvalue weighted by Gasteiger charge is -2.30. The lowest BCUT2D eigenvalue weighted by molar-refractivity contribution is 0.347. The molecule has 1 saturated carbocycles. The molecular weight excluding hydrogens is 356 g/mol. The fourth-order valence-electron chi connectivity index (χ4n) is 3.84. The van der Waals surface area contributed by atoms with E-state index in [4.69, 9.17) is 6.57 Å². The van der Waals surface area contributed by atoms with E-state index >= 15 is 0 Å². The molecule has 5 heteroatoms. The number of aromatic nitrogens is 1. The summed E-state index contributed by atoms with van der Waals surface area (Å²) < 4.78 is 24.3. The predicted molar refractivity (Wildman–Crippen MR) is 111 cm³/mol. The number of benzene rings is 1. The Morgan fingerprint density at radius 3 is 2.30 bits per heavy atom. The third-order valence-corrected chi connectivity index (χ3v) is 8.47. The van der Waals surface area contributed by atoms with Crippen molar-refractivity contribution in [2.45, 2.75) is 57.1 Å². The molecule has 0 spiro atoms. The molecule has 1 heterocycles. The summed E-state index contributed by atoms with van der Waals surface area (Å²) in [7, 11) is -3.08. The molecule has 4 nitrogen and oxygen atoms in total. The fourth-order valence-corrected chi connectivity index (χ4v) is 5.29. The topological polar surface area (TPSA) is 54.3 Å². The minimum absolute atomic E-state index is 0.231. The van der Waals surface area contributed by atoms with Gasteiger partial charge < -0.3 is 9.83 Å². The summed E-state index contributed by atoms with van der Waals surface area (Å²) in [5, 5.41) is 0. The van der Waals surface area contributed by atoms with Crippen molar-refractivity contribution in [3.8, 4) is 11.3 Å². The first-order chi connectivity index (χ1) is 12.7. The van der Waals surface area contributed by atoms with Gasteiger partial charge in [-0.05, 0) is 69.9 Å². The van der Waals surface area contributed by atoms with Crippen LogP contribution in [0, 0.1) is 12.5 Å². The smallest absolute Gasteiger partial charge is 0.232 e. The molecular formula is C22H28N2O2S. The number of nitrogens with zero attached hydrogens (tertiary/aromatic N) is 1. The Morgan fingerprint density at radius 1 is 1.11 bits per heavy atom. The maximum Gasteiger partial charge on any atom is 0.232 e. The standard InChI is InChI=1S/C22H28N2O2S/c1-22(2,3)27(25,26)15-16-10-12-17(13-11-16)19-14-20(24-21(19)23-4)18-8-6-5-7-9-18/h5-9,14,16-17,24H,10-13,15H2,1-3H3. The highest BCUT2D eigenvalue weighted by Gasteiger charge is 2.34. The second-order valence-electron chi connectivity index (χ2n) is 8.58. The fraction of sp³-hybridized carbons (Fsp3) is 0.500. The number of hydrogen-bond acceptors (Lipinski definition) is 2. The van der Waals surface area contributed by atoms with Crippen molar-refractivity contribution < 1.29 is 8.42 Å². The van der Waals surface area contributed by atoms with E-state index < -0.39 is 14.6 Å². The highest BCUT2D eigenvalue weighted by Crippen LogP contribution is 2.42. The largest absolute Gasteiger partial charge is 0.364 e. The molecule has 0 unspecified atom stereocenters. The molecule has 144 valence electrons. The van der Waals surface area contributed by atoms with E-state index in [2.05, 4.69) is 15.9 Å². The maximum atomic E-state index is 12.5. The zero-order valence-corrected chi connectivity index (χ0v) is 17.1. The summed E-state index contributed by atoms with van der Waals surface area (Å²) in [6, 6.07) is 12.2. The monoisotopic (exact) mass is 384 g/mol. The molecule has 3 rings (SSSR count). The van der Waals surface area contributed by atoms with E-state index in [-0.39, 0.29) is 11.7 Å². The van der Waals surface area contributed by atoms with Gasteiger partial charge in [0.05, 0.1) is 10.5 Å². The average molecular weight is 385 g/mol. The van der Waals surface area contributed by atoms with E-state index in [1.54, 1.807) is 20.8 Å². The third kappa shape index (κ3) is 4.27. The van der Waals surface area contributed by atoms with E-state index in [0.29, 0.717) is 11.7 Å². The lowest BCUT2D eigenvalue weighted by Crippen LogP contribution is -2.34. The summed E-state index contributed by atoms with van der Waals surface area (Å²) in [5.74, 6) is 1.46. The lowest BCUT2D eigenvalue weighted by atomic mass is 9.80. The van der Waals surface area contributed by atoms with Crippen LogP contribution in [0.25, 0.3) is 16.1 Å². The van der Waals surface area contributed by atoms with Gasteiger partial charge in [-0.3, -0.25) is 0 Å². The SMILES string of the molecule is [C-]#[N+]c1[nH]c(-c2ccccc2)cc1C1CCC(CS(=O)(=O)C(C)(C)C)CC1. The van der Waals surface area contributed by atoms with Gasteiger partial charge in [0.15, 0.2) is 9.84 Å². The van der Waals surface area contributed by atoms with Crippen LogP contribution >= 0.6 is 0 Å². The van der Waals surface area contributed by atoms with Crippen LogP contribution in [0.2, 0.25) is 0 Å². The molecule has 0 radical (unpaired) electrons. The van der Waals surface area contributed by atoms with Crippen molar-refractivity contribution in [3.63, 3.8) is 0 Å². The molecule has 0 bridgehead atoms. The van der Waals surface area contributed by atoms with Crippen molar-refractivity contribution in [3.05, 3.63) is 53.4 Å². The summed E-state index contributed by atoms with van der Waals surface area (Å²) in [6.45, 7) is 12.9. The molecule has 1 aliphatic rings. The Kier molecular flexibility index (Phi) is 5.48. The van der Waals surface area contributed by atoms with Crippen LogP contribution in [0.1, 0.15) is 57.9 Å². The van der Waals surface area contributed by atoms with Crippen LogP contribution in [-0.2, 0) is 9.84 Å². The van der Waals surface area contributed by atoms with Crippen LogP contribution in [0.4, 0.5) is 5.82 Å². The van der Waals surface area contributed by atoms with Crippen molar-refractivity contribution in [1.82, 2.24) is 4.98 Å². The number of sulfone groups is 1. The van der Waals surface area contributed by atoms with Gasteiger partial charge in [0.1, 0.15) is 5.69 Å². The van der Waals surface area contributed by atoms with Gasteiger partial charge in [-0.2, -0.15) is 0 Å². The Bertz CT molecular complexity index is 923. The number of rotatable bonds is 4. The van der Waals surface area contributed by atoms with Crippen LogP contribution in [0.5, 0.6) is 0 Å². The van der Waals surface area contributed by atoms with Crippen LogP contribution in [0.3, 0.4) is 0 Å². The number of hydrogen-bond donors (Lipinski definition) is 1. The van der Waals surface area contributed by atoms with Gasteiger partial charge in [-0.15, -0.1) is 0 Å². The molecule has 0 amide bonds. The first-order valence-corrected chi connectivity index (χ1v) is 11.2. The van der Waals surface area contributed by atoms with Gasteiger partial charge in [0, 0.05) is 5.56 Å². The molecule has 0 saturated heterocycles. The van der Waals surface area contributed by atoms with E-state index in [1.165, 1.54) is 0 Å². The molecule has 0 aliphatic heterocycles. The zero-order chi connectivity index (χ0) is 19.7. The van der Waals surface area contributed by atoms with E-state index in [9.17, 15) is 8.42 Å². The minimum atomic E-state index is -3.08. The van der Waals surface area contributed by atoms with E-state index in [0.717, 1.165) is 42.5 Å². The molecule has 1 aliphatic carbocycles. The Hall–Kier alpha value is -2.06. The number of aromatic amines is 1. The predicted octanol–water partition coefficient (Wildman–Crippen LogP) is 5.72. The second-order valence-corrected chi connectivity index (χ2v) is 11.4. The highest BCUT2D eigenvalue weighted by molar-refractivity contribution is 7.92. The van der Waals surface area contributed by atoms with Gasteiger partial charge in [0.2, 0.25) is 5.82 Å². The average Bonchev–Trinajstić information content (AvgIpc) is 3.06. The molecule has 2 aromatic rings. The van der Waals surface area contributed by atoms with Gasteiger partial charge in [0.25, 0.3) is 0 Å². The van der Waals surface area contributed by atoms with Crippen molar-refractivity contribution in [1.29, 1.82) is 0 Å². The molecule has 1 fully saturated rings. The quantitative estimate of drug-likeness (QED) is 0.686. The summed E-state index contributed by atoms with van der Waals surface area (Å²) >= 11 is 0. The van der Waals surface area contributed by atoms with Gasteiger partial charge >= 0.3 is 0 Å². The van der Waals surface area contributed by atoms with Crippen LogP contribution in [0.15, 0.2) is 36.4 Å². The summed E-state index contributed by atoms with van der Waals surface area (Å²) in [5.41, 5.74) is 3.15. The van der Waals surface area contributed by atoms with Gasteiger partial charge in [-0.25, -0.2) is 8.42 Å². The van der Waals surface area contributed by atoms with E-state index in [1.807, 2.05) is 30.3 Å². The number of H-pyrrole nitrogens is 1. The summed E-state index contributed by atoms with van der Waals surface area (Å²) in [6.07, 6.45) is 3.70. The normalized spacial score (nSPS) is 21.0. The first kappa shape index (κ1) is 19.7. The Labute approximate surface area is 162 Å². The number of nitrogens with one attached hydrogen (secondary N) is 1. The molecule has 0 atom stereocenters. The third-order valence-electron chi connectivity index (χ3n) is 5.70. The van der Waals surface area contributed by atoms with Crippen LogP contribution in [-0.4, -0.2) is 23.9 Å². The highest BCUT2D eigenvalue weighted by atomic mass is 32.2. The maximum absolute atomic E-state index is 12.5. The Morgan fingerprint density at radius 2 is 1.74 bits per heavy atom. The molecule has 1 aromatic carbocycles. The van der Waals surface area contributed by atoms with Crippen molar-refractivity contribution in [2.75, 3.05) is 5.75 Å². The van der Waals surface area contributed by atoms with Gasteiger partial charge in [-0.1, -0.05) is 36.9 Å². The zero-order valence-electron chi connectivity index (χ0n) is 16.3. The second kappa shape index (κ2) is 7.52. The summed E-state index contributed by atoms with van der Waals surface area (Å²) in [4.78, 5) is 6.97. The van der Waals surface area contributed by atoms with Crippen LogP contribution < -0.4 is 0 Å². The molecule has 27 heavy (non-hydrogen) atoms. The minimum Gasteiger partial charge on any atom is -0.364 e. The van der Waals surface area contributed by atoms with Crippen molar-refractivity contribution in [2.24, 2.45) is 5.92 Å². The molecule has 1 aromatic heterocycles.